The lowest BCUT2D eigenvalue weighted by Gasteiger charge is -2.44. The van der Waals surface area contributed by atoms with E-state index in [0.717, 1.165) is 12.8 Å². The van der Waals surface area contributed by atoms with Crippen LogP contribution in [-0.2, 0) is 12.8 Å². The zero-order chi connectivity index (χ0) is 26.3. The highest BCUT2D eigenvalue weighted by molar-refractivity contribution is 7.00. The summed E-state index contributed by atoms with van der Waals surface area (Å²) in [5.41, 5.74) is 14.4. The highest BCUT2D eigenvalue weighted by Gasteiger charge is 2.42. The van der Waals surface area contributed by atoms with E-state index in [9.17, 15) is 0 Å². The summed E-state index contributed by atoms with van der Waals surface area (Å²) in [6.07, 6.45) is 4.63. The monoisotopic (exact) mass is 504 g/mol. The van der Waals surface area contributed by atoms with Crippen LogP contribution in [0.1, 0.15) is 37.8 Å². The molecule has 0 aromatic heterocycles. The van der Waals surface area contributed by atoms with Gasteiger partial charge in [0, 0.05) is 34.1 Å². The van der Waals surface area contributed by atoms with Crippen molar-refractivity contribution in [2.45, 2.75) is 39.5 Å². The van der Waals surface area contributed by atoms with Gasteiger partial charge in [-0.15, -0.1) is 0 Å². The number of para-hydroxylation sites is 2. The highest BCUT2D eigenvalue weighted by atomic mass is 15.2. The van der Waals surface area contributed by atoms with Crippen LogP contribution in [0, 0.1) is 0 Å². The molecule has 0 spiro atoms. The molecule has 0 aliphatic carbocycles. The molecule has 5 aromatic rings. The number of rotatable bonds is 6. The van der Waals surface area contributed by atoms with Gasteiger partial charge in [-0.25, -0.2) is 0 Å². The number of nitrogens with zero attached hydrogens (tertiary/aromatic N) is 2. The number of hydrogen-bond donors (Lipinski definition) is 0. The van der Waals surface area contributed by atoms with Crippen molar-refractivity contribution in [1.82, 2.24) is 0 Å². The summed E-state index contributed by atoms with van der Waals surface area (Å²) in [6.45, 7) is 4.66. The van der Waals surface area contributed by atoms with E-state index in [0.29, 0.717) is 0 Å². The van der Waals surface area contributed by atoms with E-state index >= 15 is 0 Å². The standard InChI is InChI=1S/C36H33BN2/c1-3-5-11-27-20-24-29(25-21-27)39-33-15-9-7-13-31(33)37-30-12-6-8-14-32(30)38(28-22-18-26(4-2)19-23-28)34-16-10-17-35(39)36(34)37/h6-10,12-25H,3-5,11H2,1-2H3. The molecule has 0 amide bonds. The molecule has 190 valence electrons. The lowest BCUT2D eigenvalue weighted by Crippen LogP contribution is -2.61. The zero-order valence-corrected chi connectivity index (χ0v) is 22.8. The first kappa shape index (κ1) is 23.9. The first-order valence-electron chi connectivity index (χ1n) is 14.4. The highest BCUT2D eigenvalue weighted by Crippen LogP contribution is 2.43. The van der Waals surface area contributed by atoms with Gasteiger partial charge in [0.15, 0.2) is 0 Å². The summed E-state index contributed by atoms with van der Waals surface area (Å²) < 4.78 is 0. The maximum Gasteiger partial charge on any atom is 0.252 e. The predicted octanol–water partition coefficient (Wildman–Crippen LogP) is 7.67. The van der Waals surface area contributed by atoms with Gasteiger partial charge in [-0.2, -0.15) is 0 Å². The van der Waals surface area contributed by atoms with Crippen molar-refractivity contribution in [3.05, 3.63) is 126 Å². The van der Waals surface area contributed by atoms with Crippen molar-refractivity contribution in [3.8, 4) is 0 Å². The topological polar surface area (TPSA) is 6.48 Å². The first-order valence-corrected chi connectivity index (χ1v) is 14.4. The molecule has 0 fully saturated rings. The van der Waals surface area contributed by atoms with Gasteiger partial charge in [0.2, 0.25) is 0 Å². The van der Waals surface area contributed by atoms with Crippen molar-refractivity contribution < 1.29 is 0 Å². The summed E-state index contributed by atoms with van der Waals surface area (Å²) >= 11 is 0. The summed E-state index contributed by atoms with van der Waals surface area (Å²) in [6, 6.07) is 43.1. The number of fused-ring (bicyclic) bond motifs is 4. The molecule has 5 aromatic carbocycles. The van der Waals surface area contributed by atoms with Crippen LogP contribution in [0.5, 0.6) is 0 Å². The minimum atomic E-state index is 0.190. The molecule has 0 saturated heterocycles. The van der Waals surface area contributed by atoms with Crippen LogP contribution in [0.2, 0.25) is 0 Å². The summed E-state index contributed by atoms with van der Waals surface area (Å²) in [5.74, 6) is 0. The van der Waals surface area contributed by atoms with Crippen LogP contribution in [-0.4, -0.2) is 6.71 Å². The van der Waals surface area contributed by atoms with Crippen molar-refractivity contribution in [3.63, 3.8) is 0 Å². The molecule has 2 heterocycles. The molecule has 39 heavy (non-hydrogen) atoms. The fraction of sp³-hybridized carbons (Fsp3) is 0.167. The van der Waals surface area contributed by atoms with E-state index in [2.05, 4.69) is 139 Å². The van der Waals surface area contributed by atoms with Crippen molar-refractivity contribution in [2.24, 2.45) is 0 Å². The van der Waals surface area contributed by atoms with Crippen LogP contribution >= 0.6 is 0 Å². The second kappa shape index (κ2) is 9.82. The van der Waals surface area contributed by atoms with E-state index in [-0.39, 0.29) is 6.71 Å². The molecule has 0 unspecified atom stereocenters. The van der Waals surface area contributed by atoms with E-state index < -0.39 is 0 Å². The lowest BCUT2D eigenvalue weighted by molar-refractivity contribution is 0.795. The second-order valence-corrected chi connectivity index (χ2v) is 10.7. The Bertz CT molecular complexity index is 1640. The number of aryl methyl sites for hydroxylation is 2. The third-order valence-electron chi connectivity index (χ3n) is 8.42. The third kappa shape index (κ3) is 3.88. The fourth-order valence-electron chi connectivity index (χ4n) is 6.47. The van der Waals surface area contributed by atoms with Crippen LogP contribution in [0.25, 0.3) is 0 Å². The average molecular weight is 504 g/mol. The number of anilines is 6. The zero-order valence-electron chi connectivity index (χ0n) is 22.8. The minimum Gasteiger partial charge on any atom is -0.311 e. The fourth-order valence-corrected chi connectivity index (χ4v) is 6.47. The van der Waals surface area contributed by atoms with Gasteiger partial charge >= 0.3 is 0 Å². The molecule has 2 aliphatic heterocycles. The SMILES string of the molecule is CCCCc1ccc(N2c3ccccc3B3c4ccccc4N(c4ccc(CC)cc4)c4cccc2c43)cc1. The third-order valence-corrected chi connectivity index (χ3v) is 8.42. The maximum absolute atomic E-state index is 2.47. The molecular formula is C36H33BN2. The Morgan fingerprint density at radius 1 is 0.513 bits per heavy atom. The lowest BCUT2D eigenvalue weighted by atomic mass is 9.33. The maximum atomic E-state index is 2.47. The number of unbranched alkanes of at least 4 members (excludes halogenated alkanes) is 1. The van der Waals surface area contributed by atoms with Gasteiger partial charge in [0.25, 0.3) is 6.71 Å². The largest absolute Gasteiger partial charge is 0.311 e. The normalized spacial score (nSPS) is 13.1. The van der Waals surface area contributed by atoms with E-state index in [1.807, 2.05) is 0 Å². The smallest absolute Gasteiger partial charge is 0.252 e. The summed E-state index contributed by atoms with van der Waals surface area (Å²) in [4.78, 5) is 4.94. The van der Waals surface area contributed by atoms with E-state index in [1.165, 1.54) is 74.5 Å². The Hall–Kier alpha value is -4.24. The molecule has 7 rings (SSSR count). The van der Waals surface area contributed by atoms with Crippen LogP contribution < -0.4 is 26.2 Å². The predicted molar refractivity (Wildman–Crippen MR) is 168 cm³/mol. The molecule has 0 radical (unpaired) electrons. The molecule has 0 bridgehead atoms. The molecule has 3 heteroatoms. The molecule has 2 aliphatic rings. The molecule has 0 atom stereocenters. The van der Waals surface area contributed by atoms with Gasteiger partial charge in [0.05, 0.1) is 0 Å². The summed E-state index contributed by atoms with van der Waals surface area (Å²) in [7, 11) is 0. The quantitative estimate of drug-likeness (QED) is 0.214. The van der Waals surface area contributed by atoms with Gasteiger partial charge < -0.3 is 9.80 Å². The van der Waals surface area contributed by atoms with Gasteiger partial charge in [-0.1, -0.05) is 87.0 Å². The number of hydrogen-bond acceptors (Lipinski definition) is 2. The van der Waals surface area contributed by atoms with E-state index in [4.69, 9.17) is 0 Å². The molecule has 2 nitrogen and oxygen atoms in total. The van der Waals surface area contributed by atoms with E-state index in [1.54, 1.807) is 0 Å². The van der Waals surface area contributed by atoms with Gasteiger partial charge in [0.1, 0.15) is 0 Å². The second-order valence-electron chi connectivity index (χ2n) is 10.7. The van der Waals surface area contributed by atoms with Gasteiger partial charge in [-0.05, 0) is 95.3 Å². The van der Waals surface area contributed by atoms with Crippen molar-refractivity contribution in [1.29, 1.82) is 0 Å². The Morgan fingerprint density at radius 3 is 1.51 bits per heavy atom. The Kier molecular flexibility index (Phi) is 6.00. The average Bonchev–Trinajstić information content (AvgIpc) is 3.00. The summed E-state index contributed by atoms with van der Waals surface area (Å²) in [5, 5.41) is 0. The molecule has 0 N–H and O–H groups in total. The van der Waals surface area contributed by atoms with Crippen LogP contribution in [0.3, 0.4) is 0 Å². The van der Waals surface area contributed by atoms with Crippen molar-refractivity contribution >= 4 is 57.2 Å². The van der Waals surface area contributed by atoms with Crippen molar-refractivity contribution in [2.75, 3.05) is 9.80 Å². The Morgan fingerprint density at radius 2 is 1.00 bits per heavy atom. The van der Waals surface area contributed by atoms with Crippen LogP contribution in [0.15, 0.2) is 115 Å². The van der Waals surface area contributed by atoms with Crippen LogP contribution in [0.4, 0.5) is 34.1 Å². The Labute approximate surface area is 232 Å². The van der Waals surface area contributed by atoms with Gasteiger partial charge in [-0.3, -0.25) is 0 Å². The molecule has 0 saturated carbocycles. The first-order chi connectivity index (χ1) is 19.3. The Balaban J connectivity index is 1.45. The number of benzene rings is 5. The molecular weight excluding hydrogens is 471 g/mol. The minimum absolute atomic E-state index is 0.190.